The molecule has 3 aromatic carbocycles. The number of methoxy groups -OCH3 is 1. The largest absolute Gasteiger partial charge is 0.497 e. The number of aromatic nitrogens is 2. The van der Waals surface area contributed by atoms with Crippen molar-refractivity contribution in [2.45, 2.75) is 6.92 Å². The first-order valence-corrected chi connectivity index (χ1v) is 11.6. The highest BCUT2D eigenvalue weighted by molar-refractivity contribution is 7.92. The van der Waals surface area contributed by atoms with Gasteiger partial charge in [-0.1, -0.05) is 36.4 Å². The summed E-state index contributed by atoms with van der Waals surface area (Å²) < 4.78 is 32.4. The molecular formula is C24H23N3O3S. The number of aryl methyl sites for hydroxylation is 1. The number of ether oxygens (including phenoxy) is 1. The zero-order chi connectivity index (χ0) is 22.0. The van der Waals surface area contributed by atoms with Crippen LogP contribution in [0.2, 0.25) is 0 Å². The number of rotatable bonds is 6. The molecule has 0 aliphatic heterocycles. The minimum absolute atomic E-state index is 0.514. The van der Waals surface area contributed by atoms with Crippen LogP contribution in [-0.4, -0.2) is 31.6 Å². The Kier molecular flexibility index (Phi) is 5.52. The van der Waals surface area contributed by atoms with Gasteiger partial charge in [0.15, 0.2) is 0 Å². The summed E-state index contributed by atoms with van der Waals surface area (Å²) in [6.07, 6.45) is 1.13. The highest BCUT2D eigenvalue weighted by Gasteiger charge is 2.11. The third-order valence-electron chi connectivity index (χ3n) is 4.85. The van der Waals surface area contributed by atoms with Crippen LogP contribution in [0.5, 0.6) is 5.75 Å². The molecule has 0 unspecified atom stereocenters. The molecule has 0 saturated carbocycles. The van der Waals surface area contributed by atoms with Gasteiger partial charge < -0.3 is 4.74 Å². The minimum atomic E-state index is -3.31. The van der Waals surface area contributed by atoms with Crippen LogP contribution in [0.1, 0.15) is 5.69 Å². The van der Waals surface area contributed by atoms with Gasteiger partial charge >= 0.3 is 0 Å². The van der Waals surface area contributed by atoms with Gasteiger partial charge in [0.05, 0.1) is 30.4 Å². The number of hydrogen-bond donors (Lipinski definition) is 1. The Hall–Kier alpha value is -3.58. The van der Waals surface area contributed by atoms with E-state index in [0.29, 0.717) is 5.69 Å². The van der Waals surface area contributed by atoms with Gasteiger partial charge in [0.2, 0.25) is 10.0 Å². The Balaban J connectivity index is 1.63. The van der Waals surface area contributed by atoms with Crippen molar-refractivity contribution >= 4 is 15.7 Å². The fraction of sp³-hybridized carbons (Fsp3) is 0.125. The number of nitrogens with one attached hydrogen (secondary N) is 1. The van der Waals surface area contributed by atoms with Crippen LogP contribution in [0.15, 0.2) is 78.9 Å². The number of hydrogen-bond acceptors (Lipinski definition) is 4. The monoisotopic (exact) mass is 433 g/mol. The van der Waals surface area contributed by atoms with Crippen LogP contribution in [0.3, 0.4) is 0 Å². The lowest BCUT2D eigenvalue weighted by atomic mass is 10.0. The number of nitrogens with zero attached hydrogens (tertiary/aromatic N) is 2. The van der Waals surface area contributed by atoms with Gasteiger partial charge in [0.25, 0.3) is 0 Å². The Bertz CT molecular complexity index is 1290. The van der Waals surface area contributed by atoms with Crippen LogP contribution in [-0.2, 0) is 10.0 Å². The maximum absolute atomic E-state index is 11.4. The van der Waals surface area contributed by atoms with Crippen molar-refractivity contribution in [2.75, 3.05) is 18.1 Å². The van der Waals surface area contributed by atoms with E-state index in [1.54, 1.807) is 19.2 Å². The molecule has 0 aliphatic carbocycles. The number of sulfonamides is 1. The van der Waals surface area contributed by atoms with Gasteiger partial charge in [-0.2, -0.15) is 5.10 Å². The molecule has 1 aromatic heterocycles. The van der Waals surface area contributed by atoms with Crippen molar-refractivity contribution in [1.29, 1.82) is 0 Å². The molecule has 4 rings (SSSR count). The Morgan fingerprint density at radius 2 is 1.39 bits per heavy atom. The smallest absolute Gasteiger partial charge is 0.229 e. The Morgan fingerprint density at radius 3 is 1.94 bits per heavy atom. The highest BCUT2D eigenvalue weighted by Crippen LogP contribution is 2.28. The first-order valence-electron chi connectivity index (χ1n) is 9.72. The average Bonchev–Trinajstić information content (AvgIpc) is 3.15. The first kappa shape index (κ1) is 20.7. The van der Waals surface area contributed by atoms with E-state index in [9.17, 15) is 8.42 Å². The molecule has 1 heterocycles. The van der Waals surface area contributed by atoms with Crippen molar-refractivity contribution < 1.29 is 13.2 Å². The van der Waals surface area contributed by atoms with Gasteiger partial charge in [-0.3, -0.25) is 4.72 Å². The average molecular weight is 434 g/mol. The molecule has 0 aliphatic rings. The first-order chi connectivity index (χ1) is 14.8. The highest BCUT2D eigenvalue weighted by atomic mass is 32.2. The van der Waals surface area contributed by atoms with E-state index in [-0.39, 0.29) is 0 Å². The molecular weight excluding hydrogens is 410 g/mol. The third-order valence-corrected chi connectivity index (χ3v) is 5.46. The quantitative estimate of drug-likeness (QED) is 0.470. The second-order valence-electron chi connectivity index (χ2n) is 7.31. The Labute approximate surface area is 182 Å². The molecule has 0 spiro atoms. The van der Waals surface area contributed by atoms with Gasteiger partial charge in [-0.15, -0.1) is 0 Å². The number of anilines is 1. The molecule has 1 N–H and O–H groups in total. The molecule has 31 heavy (non-hydrogen) atoms. The molecule has 158 valence electrons. The van der Waals surface area contributed by atoms with E-state index >= 15 is 0 Å². The maximum Gasteiger partial charge on any atom is 0.229 e. The normalized spacial score (nSPS) is 11.3. The zero-order valence-electron chi connectivity index (χ0n) is 17.5. The molecule has 0 saturated heterocycles. The molecule has 0 amide bonds. The summed E-state index contributed by atoms with van der Waals surface area (Å²) >= 11 is 0. The van der Waals surface area contributed by atoms with Crippen molar-refractivity contribution in [2.24, 2.45) is 0 Å². The SMILES string of the molecule is COc1ccc(-c2ccc(-c3cc(C)nn3-c3ccc(NS(C)(=O)=O)cc3)cc2)cc1. The Morgan fingerprint density at radius 1 is 0.839 bits per heavy atom. The minimum Gasteiger partial charge on any atom is -0.497 e. The fourth-order valence-electron chi connectivity index (χ4n) is 3.40. The maximum atomic E-state index is 11.4. The summed E-state index contributed by atoms with van der Waals surface area (Å²) in [4.78, 5) is 0. The molecule has 7 heteroatoms. The van der Waals surface area contributed by atoms with Crippen LogP contribution in [0, 0.1) is 6.92 Å². The van der Waals surface area contributed by atoms with E-state index in [0.717, 1.165) is 45.8 Å². The summed E-state index contributed by atoms with van der Waals surface area (Å²) in [5.74, 6) is 0.831. The molecule has 4 aromatic rings. The summed E-state index contributed by atoms with van der Waals surface area (Å²) in [7, 11) is -1.65. The molecule has 0 fully saturated rings. The van der Waals surface area contributed by atoms with E-state index in [1.165, 1.54) is 0 Å². The molecule has 0 atom stereocenters. The van der Waals surface area contributed by atoms with Crippen molar-refractivity contribution in [3.05, 3.63) is 84.6 Å². The van der Waals surface area contributed by atoms with E-state index in [2.05, 4.69) is 34.1 Å². The van der Waals surface area contributed by atoms with Gasteiger partial charge in [-0.05, 0) is 60.5 Å². The van der Waals surface area contributed by atoms with Crippen molar-refractivity contribution in [3.63, 3.8) is 0 Å². The fourth-order valence-corrected chi connectivity index (χ4v) is 3.97. The van der Waals surface area contributed by atoms with Gasteiger partial charge in [0.1, 0.15) is 5.75 Å². The summed E-state index contributed by atoms with van der Waals surface area (Å²) in [6.45, 7) is 1.95. The summed E-state index contributed by atoms with van der Waals surface area (Å²) in [5.41, 5.74) is 6.49. The standard InChI is InChI=1S/C24H23N3O3S/c1-17-16-24(27(25-17)22-12-10-21(11-13-22)26-31(3,28)29)20-6-4-18(5-7-20)19-8-14-23(30-2)15-9-19/h4-16,26H,1-3H3. The predicted molar refractivity (Wildman–Crippen MR) is 124 cm³/mol. The van der Waals surface area contributed by atoms with Gasteiger partial charge in [0, 0.05) is 11.3 Å². The van der Waals surface area contributed by atoms with E-state index in [1.807, 2.05) is 54.1 Å². The summed E-state index contributed by atoms with van der Waals surface area (Å²) in [5, 5.41) is 4.63. The second kappa shape index (κ2) is 8.28. The van der Waals surface area contributed by atoms with Crippen LogP contribution in [0.4, 0.5) is 5.69 Å². The molecule has 6 nitrogen and oxygen atoms in total. The lowest BCUT2D eigenvalue weighted by molar-refractivity contribution is 0.415. The summed E-state index contributed by atoms with van der Waals surface area (Å²) in [6, 6.07) is 25.5. The lowest BCUT2D eigenvalue weighted by Crippen LogP contribution is -2.09. The van der Waals surface area contributed by atoms with Crippen LogP contribution < -0.4 is 9.46 Å². The third kappa shape index (κ3) is 4.78. The predicted octanol–water partition coefficient (Wildman–Crippen LogP) is 4.89. The van der Waals surface area contributed by atoms with Gasteiger partial charge in [-0.25, -0.2) is 13.1 Å². The van der Waals surface area contributed by atoms with Crippen molar-refractivity contribution in [3.8, 4) is 33.8 Å². The van der Waals surface area contributed by atoms with E-state index in [4.69, 9.17) is 4.74 Å². The molecule has 0 radical (unpaired) electrons. The van der Waals surface area contributed by atoms with Crippen LogP contribution in [0.25, 0.3) is 28.1 Å². The van der Waals surface area contributed by atoms with Crippen LogP contribution >= 0.6 is 0 Å². The van der Waals surface area contributed by atoms with E-state index < -0.39 is 10.0 Å². The zero-order valence-corrected chi connectivity index (χ0v) is 18.3. The topological polar surface area (TPSA) is 73.2 Å². The van der Waals surface area contributed by atoms with Crippen molar-refractivity contribution in [1.82, 2.24) is 9.78 Å². The number of benzene rings is 3. The lowest BCUT2D eigenvalue weighted by Gasteiger charge is -2.10. The second-order valence-corrected chi connectivity index (χ2v) is 9.06. The molecule has 0 bridgehead atoms.